The number of morpholine rings is 1. The Labute approximate surface area is 111 Å². The lowest BCUT2D eigenvalue weighted by atomic mass is 10.1. The van der Waals surface area contributed by atoms with Crippen molar-refractivity contribution in [1.82, 2.24) is 0 Å². The summed E-state index contributed by atoms with van der Waals surface area (Å²) in [7, 11) is 0. The van der Waals surface area contributed by atoms with E-state index in [9.17, 15) is 10.1 Å². The Balaban J connectivity index is 2.31. The quantitative estimate of drug-likeness (QED) is 0.601. The van der Waals surface area contributed by atoms with Crippen molar-refractivity contribution in [2.75, 3.05) is 18.0 Å². The molecule has 1 heterocycles. The van der Waals surface area contributed by atoms with Gasteiger partial charge in [0.15, 0.2) is 0 Å². The fourth-order valence-electron chi connectivity index (χ4n) is 2.36. The Morgan fingerprint density at radius 2 is 2.05 bits per heavy atom. The number of hydrogen-bond acceptors (Lipinski definition) is 5. The Morgan fingerprint density at radius 3 is 2.58 bits per heavy atom. The van der Waals surface area contributed by atoms with Gasteiger partial charge in [-0.05, 0) is 26.0 Å². The highest BCUT2D eigenvalue weighted by Crippen LogP contribution is 2.26. The van der Waals surface area contributed by atoms with Crippen LogP contribution in [0.2, 0.25) is 0 Å². The third-order valence-corrected chi connectivity index (χ3v) is 3.08. The van der Waals surface area contributed by atoms with Crippen LogP contribution in [0.15, 0.2) is 18.2 Å². The molecule has 6 heteroatoms. The zero-order valence-corrected chi connectivity index (χ0v) is 10.9. The lowest BCUT2D eigenvalue weighted by molar-refractivity contribution is -0.385. The molecule has 6 nitrogen and oxygen atoms in total. The average molecular weight is 261 g/mol. The molecule has 2 atom stereocenters. The molecule has 1 aromatic carbocycles. The first kappa shape index (κ1) is 13.3. The summed E-state index contributed by atoms with van der Waals surface area (Å²) in [6, 6.07) is 6.52. The van der Waals surface area contributed by atoms with E-state index in [2.05, 4.69) is 4.90 Å². The van der Waals surface area contributed by atoms with Gasteiger partial charge in [-0.15, -0.1) is 0 Å². The molecule has 0 spiro atoms. The Kier molecular flexibility index (Phi) is 3.67. The second kappa shape index (κ2) is 5.24. The predicted octanol–water partition coefficient (Wildman–Crippen LogP) is 2.08. The van der Waals surface area contributed by atoms with Gasteiger partial charge in [-0.2, -0.15) is 5.26 Å². The zero-order valence-electron chi connectivity index (χ0n) is 10.9. The molecule has 1 aromatic rings. The molecule has 19 heavy (non-hydrogen) atoms. The fourth-order valence-corrected chi connectivity index (χ4v) is 2.36. The van der Waals surface area contributed by atoms with E-state index in [4.69, 9.17) is 10.00 Å². The molecule has 1 fully saturated rings. The van der Waals surface area contributed by atoms with Crippen LogP contribution in [0.3, 0.4) is 0 Å². The maximum atomic E-state index is 10.8. The van der Waals surface area contributed by atoms with Gasteiger partial charge in [0.05, 0.1) is 17.1 Å². The summed E-state index contributed by atoms with van der Waals surface area (Å²) in [6.07, 6.45) is 0.203. The van der Waals surface area contributed by atoms with Crippen LogP contribution in [-0.4, -0.2) is 30.2 Å². The van der Waals surface area contributed by atoms with Crippen molar-refractivity contribution < 1.29 is 9.66 Å². The maximum absolute atomic E-state index is 10.8. The standard InChI is InChI=1S/C13H15N3O3/c1-9-7-15(8-10(2)19-9)12-3-4-13(16(17)18)11(5-12)6-14/h3-5,9-10H,7-8H2,1-2H3. The van der Waals surface area contributed by atoms with E-state index in [0.717, 1.165) is 5.69 Å². The Hall–Kier alpha value is -2.13. The first-order valence-electron chi connectivity index (χ1n) is 6.10. The van der Waals surface area contributed by atoms with E-state index in [0.29, 0.717) is 13.1 Å². The number of benzene rings is 1. The summed E-state index contributed by atoms with van der Waals surface area (Å²) >= 11 is 0. The topological polar surface area (TPSA) is 79.4 Å². The predicted molar refractivity (Wildman–Crippen MR) is 70.0 cm³/mol. The molecule has 0 aliphatic carbocycles. The average Bonchev–Trinajstić information content (AvgIpc) is 2.36. The number of ether oxygens (including phenoxy) is 1. The molecule has 0 amide bonds. The fraction of sp³-hybridized carbons (Fsp3) is 0.462. The molecule has 1 aliphatic heterocycles. The molecule has 100 valence electrons. The minimum absolute atomic E-state index is 0.0919. The molecule has 0 aromatic heterocycles. The molecule has 0 saturated carbocycles. The summed E-state index contributed by atoms with van der Waals surface area (Å²) in [6.45, 7) is 5.40. The van der Waals surface area contributed by atoms with Crippen LogP contribution < -0.4 is 4.90 Å². The third-order valence-electron chi connectivity index (χ3n) is 3.08. The highest BCUT2D eigenvalue weighted by molar-refractivity contribution is 5.60. The second-order valence-electron chi connectivity index (χ2n) is 4.73. The van der Waals surface area contributed by atoms with Gasteiger partial charge in [0.1, 0.15) is 11.6 Å². The SMILES string of the molecule is CC1CN(c2ccc([N+](=O)[O-])c(C#N)c2)CC(C)O1. The largest absolute Gasteiger partial charge is 0.372 e. The number of rotatable bonds is 2. The van der Waals surface area contributed by atoms with Crippen LogP contribution >= 0.6 is 0 Å². The van der Waals surface area contributed by atoms with Crippen molar-refractivity contribution in [3.8, 4) is 6.07 Å². The van der Waals surface area contributed by atoms with E-state index in [-0.39, 0.29) is 23.5 Å². The van der Waals surface area contributed by atoms with E-state index in [1.807, 2.05) is 19.9 Å². The van der Waals surface area contributed by atoms with Gasteiger partial charge in [-0.25, -0.2) is 0 Å². The first-order chi connectivity index (χ1) is 9.01. The van der Waals surface area contributed by atoms with E-state index in [1.165, 1.54) is 6.07 Å². The van der Waals surface area contributed by atoms with Gasteiger partial charge >= 0.3 is 0 Å². The van der Waals surface area contributed by atoms with Crippen molar-refractivity contribution in [3.05, 3.63) is 33.9 Å². The number of nitriles is 1. The summed E-state index contributed by atoms with van der Waals surface area (Å²) in [5.41, 5.74) is 0.763. The van der Waals surface area contributed by atoms with E-state index < -0.39 is 4.92 Å². The number of anilines is 1. The number of nitro benzene ring substituents is 1. The number of nitro groups is 1. The van der Waals surface area contributed by atoms with Crippen molar-refractivity contribution in [1.29, 1.82) is 5.26 Å². The number of nitrogens with zero attached hydrogens (tertiary/aromatic N) is 3. The van der Waals surface area contributed by atoms with Gasteiger partial charge in [0.2, 0.25) is 0 Å². The van der Waals surface area contributed by atoms with Crippen LogP contribution in [0.1, 0.15) is 19.4 Å². The summed E-state index contributed by atoms with van der Waals surface area (Å²) in [4.78, 5) is 12.3. The molecule has 2 unspecified atom stereocenters. The highest BCUT2D eigenvalue weighted by atomic mass is 16.6. The highest BCUT2D eigenvalue weighted by Gasteiger charge is 2.24. The molecule has 0 N–H and O–H groups in total. The van der Waals surface area contributed by atoms with Crippen molar-refractivity contribution in [2.24, 2.45) is 0 Å². The normalized spacial score (nSPS) is 22.9. The zero-order chi connectivity index (χ0) is 14.0. The lowest BCUT2D eigenvalue weighted by Crippen LogP contribution is -2.45. The monoisotopic (exact) mass is 261 g/mol. The summed E-state index contributed by atoms with van der Waals surface area (Å²) in [5.74, 6) is 0. The van der Waals surface area contributed by atoms with Crippen molar-refractivity contribution >= 4 is 11.4 Å². The molecule has 0 bridgehead atoms. The molecular formula is C13H15N3O3. The van der Waals surface area contributed by atoms with Crippen molar-refractivity contribution in [3.63, 3.8) is 0 Å². The lowest BCUT2D eigenvalue weighted by Gasteiger charge is -2.36. The van der Waals surface area contributed by atoms with E-state index in [1.54, 1.807) is 12.1 Å². The molecule has 0 radical (unpaired) electrons. The smallest absolute Gasteiger partial charge is 0.287 e. The van der Waals surface area contributed by atoms with Crippen molar-refractivity contribution in [2.45, 2.75) is 26.1 Å². The minimum atomic E-state index is -0.535. The summed E-state index contributed by atoms with van der Waals surface area (Å²) < 4.78 is 5.64. The van der Waals surface area contributed by atoms with Crippen LogP contribution in [0.5, 0.6) is 0 Å². The third kappa shape index (κ3) is 2.83. The maximum Gasteiger partial charge on any atom is 0.287 e. The van der Waals surface area contributed by atoms with Crippen LogP contribution in [0.25, 0.3) is 0 Å². The van der Waals surface area contributed by atoms with Gasteiger partial charge in [-0.3, -0.25) is 10.1 Å². The van der Waals surface area contributed by atoms with Gasteiger partial charge in [0, 0.05) is 24.8 Å². The molecule has 1 saturated heterocycles. The van der Waals surface area contributed by atoms with E-state index >= 15 is 0 Å². The van der Waals surface area contributed by atoms with Crippen LogP contribution in [0, 0.1) is 21.4 Å². The molecule has 2 rings (SSSR count). The Bertz CT molecular complexity index is 528. The molecular weight excluding hydrogens is 246 g/mol. The second-order valence-corrected chi connectivity index (χ2v) is 4.73. The first-order valence-corrected chi connectivity index (χ1v) is 6.10. The number of hydrogen-bond donors (Lipinski definition) is 0. The van der Waals surface area contributed by atoms with Crippen LogP contribution in [0.4, 0.5) is 11.4 Å². The van der Waals surface area contributed by atoms with Gasteiger partial charge in [-0.1, -0.05) is 0 Å². The van der Waals surface area contributed by atoms with Crippen LogP contribution in [-0.2, 0) is 4.74 Å². The van der Waals surface area contributed by atoms with Gasteiger partial charge in [0.25, 0.3) is 5.69 Å². The molecule has 1 aliphatic rings. The minimum Gasteiger partial charge on any atom is -0.372 e. The Morgan fingerprint density at radius 1 is 1.42 bits per heavy atom. The van der Waals surface area contributed by atoms with Gasteiger partial charge < -0.3 is 9.64 Å². The summed E-state index contributed by atoms with van der Waals surface area (Å²) in [5, 5.41) is 19.8.